The van der Waals surface area contributed by atoms with Gasteiger partial charge in [-0.25, -0.2) is 0 Å². The first-order valence-electron chi connectivity index (χ1n) is 17.0. The third-order valence-corrected chi connectivity index (χ3v) is 10.0. The van der Waals surface area contributed by atoms with Crippen LogP contribution in [0.1, 0.15) is 41.8 Å². The zero-order valence-corrected chi connectivity index (χ0v) is 27.8. The zero-order valence-electron chi connectivity index (χ0n) is 27.8. The summed E-state index contributed by atoms with van der Waals surface area (Å²) in [6.45, 7) is 6.88. The Morgan fingerprint density at radius 3 is 2.69 bits per heavy atom. The van der Waals surface area contributed by atoms with Crippen molar-refractivity contribution in [1.82, 2.24) is 24.8 Å². The Bertz CT molecular complexity index is 1850. The highest BCUT2D eigenvalue weighted by molar-refractivity contribution is 5.97. The molecule has 2 unspecified atom stereocenters. The highest BCUT2D eigenvalue weighted by Gasteiger charge is 2.34. The lowest BCUT2D eigenvalue weighted by molar-refractivity contribution is -0.128. The van der Waals surface area contributed by atoms with Gasteiger partial charge in [-0.15, -0.1) is 0 Å². The highest BCUT2D eigenvalue weighted by Crippen LogP contribution is 2.36. The Kier molecular flexibility index (Phi) is 9.21. The second-order valence-electron chi connectivity index (χ2n) is 13.0. The van der Waals surface area contributed by atoms with Crippen molar-refractivity contribution in [1.29, 1.82) is 5.26 Å². The van der Waals surface area contributed by atoms with E-state index in [1.807, 2.05) is 23.1 Å². The summed E-state index contributed by atoms with van der Waals surface area (Å²) in [7, 11) is 2.14. The number of hydrogen-bond donors (Lipinski definition) is 0. The third kappa shape index (κ3) is 6.56. The van der Waals surface area contributed by atoms with Gasteiger partial charge in [0.25, 0.3) is 0 Å². The Morgan fingerprint density at radius 1 is 1.02 bits per heavy atom. The summed E-state index contributed by atoms with van der Waals surface area (Å²) in [5.41, 5.74) is 5.29. The van der Waals surface area contributed by atoms with Gasteiger partial charge in [-0.3, -0.25) is 9.78 Å². The predicted molar refractivity (Wildman–Crippen MR) is 188 cm³/mol. The maximum absolute atomic E-state index is 13.3. The number of aromatic nitrogens is 3. The summed E-state index contributed by atoms with van der Waals surface area (Å²) in [6, 6.07) is 21.4. The molecule has 2 aromatic carbocycles. The lowest BCUT2D eigenvalue weighted by Gasteiger charge is -2.42. The topological polar surface area (TPSA) is 102 Å². The minimum atomic E-state index is -0.273. The van der Waals surface area contributed by atoms with Gasteiger partial charge < -0.3 is 24.3 Å². The van der Waals surface area contributed by atoms with Crippen molar-refractivity contribution >= 4 is 34.3 Å². The van der Waals surface area contributed by atoms with E-state index < -0.39 is 0 Å². The molecule has 10 heteroatoms. The number of rotatable bonds is 8. The normalized spacial score (nSPS) is 19.9. The third-order valence-electron chi connectivity index (χ3n) is 10.0. The molecule has 48 heavy (non-hydrogen) atoms. The fourth-order valence-electron chi connectivity index (χ4n) is 7.39. The minimum Gasteiger partial charge on any atom is -0.462 e. The molecule has 0 radical (unpaired) electrons. The van der Waals surface area contributed by atoms with Crippen LogP contribution in [-0.2, 0) is 17.8 Å². The van der Waals surface area contributed by atoms with Gasteiger partial charge in [0.05, 0.1) is 36.5 Å². The smallest absolute Gasteiger partial charge is 0.318 e. The van der Waals surface area contributed by atoms with Crippen LogP contribution in [0.2, 0.25) is 0 Å². The van der Waals surface area contributed by atoms with Crippen molar-refractivity contribution in [3.05, 3.63) is 89.4 Å². The van der Waals surface area contributed by atoms with Gasteiger partial charge in [-0.1, -0.05) is 36.4 Å². The van der Waals surface area contributed by atoms with Crippen molar-refractivity contribution in [2.24, 2.45) is 0 Å². The molecule has 10 nitrogen and oxygen atoms in total. The number of anilines is 2. The minimum absolute atomic E-state index is 0.115. The molecule has 2 saturated heterocycles. The maximum Gasteiger partial charge on any atom is 0.318 e. The molecule has 2 atom stereocenters. The van der Waals surface area contributed by atoms with Crippen LogP contribution in [0.15, 0.2) is 66.9 Å². The van der Waals surface area contributed by atoms with Gasteiger partial charge in [0.15, 0.2) is 0 Å². The molecule has 1 amide bonds. The van der Waals surface area contributed by atoms with Crippen LogP contribution in [-0.4, -0.2) is 89.1 Å². The molecule has 4 aromatic rings. The number of hydrogen-bond acceptors (Lipinski definition) is 9. The van der Waals surface area contributed by atoms with Gasteiger partial charge in [0.2, 0.25) is 5.91 Å². The van der Waals surface area contributed by atoms with E-state index in [0.29, 0.717) is 44.8 Å². The number of benzene rings is 2. The van der Waals surface area contributed by atoms with Crippen molar-refractivity contribution < 1.29 is 9.53 Å². The molecule has 246 valence electrons. The van der Waals surface area contributed by atoms with Crippen LogP contribution in [0.5, 0.6) is 6.01 Å². The van der Waals surface area contributed by atoms with Crippen molar-refractivity contribution in [2.45, 2.75) is 51.2 Å². The number of nitrogens with zero attached hydrogens (tertiary/aromatic N) is 8. The molecular formula is C38H42N8O2. The van der Waals surface area contributed by atoms with Gasteiger partial charge in [-0.2, -0.15) is 15.2 Å². The van der Waals surface area contributed by atoms with Crippen LogP contribution in [0, 0.1) is 18.3 Å². The average Bonchev–Trinajstić information content (AvgIpc) is 3.53. The average molecular weight is 643 g/mol. The summed E-state index contributed by atoms with van der Waals surface area (Å²) in [5, 5.41) is 12.3. The number of carbonyl (C=O) groups excluding carboxylic acids is 1. The number of ether oxygens (including phenoxy) is 1. The number of likely N-dealkylation sites (N-methyl/N-ethyl adjacent to an activating group) is 1. The molecule has 0 spiro atoms. The Labute approximate surface area is 282 Å². The molecule has 0 saturated carbocycles. The number of pyridine rings is 1. The number of aryl methyl sites for hydroxylation is 1. The van der Waals surface area contributed by atoms with E-state index in [9.17, 15) is 10.1 Å². The van der Waals surface area contributed by atoms with Gasteiger partial charge in [0, 0.05) is 61.1 Å². The second-order valence-corrected chi connectivity index (χ2v) is 13.0. The Morgan fingerprint density at radius 2 is 1.90 bits per heavy atom. The van der Waals surface area contributed by atoms with Crippen molar-refractivity contribution in [2.75, 3.05) is 56.2 Å². The van der Waals surface area contributed by atoms with E-state index >= 15 is 0 Å². The standard InChI is InChI=1S/C38H42N8O2/c1-27-8-5-9-28-10-6-13-34(36(27)28)44-21-17-32-33(25-44)41-38(48-26-31-12-7-20-43(31)2)42-37(32)45-22-23-46(30(24-45)16-18-39)35(47)15-14-29-11-3-4-19-40-29/h3-6,8-11,13-15,19,30-31H,7,12,16-17,20-26H2,1-2H3/b15-14+. The summed E-state index contributed by atoms with van der Waals surface area (Å²) in [4.78, 5) is 36.5. The van der Waals surface area contributed by atoms with Gasteiger partial charge in [-0.05, 0) is 75.0 Å². The monoisotopic (exact) mass is 642 g/mol. The maximum atomic E-state index is 13.3. The highest BCUT2D eigenvalue weighted by atomic mass is 16.5. The molecular weight excluding hydrogens is 600 g/mol. The van der Waals surface area contributed by atoms with E-state index in [0.717, 1.165) is 48.7 Å². The lowest BCUT2D eigenvalue weighted by atomic mass is 9.99. The molecule has 5 heterocycles. The van der Waals surface area contributed by atoms with E-state index in [1.54, 1.807) is 18.3 Å². The summed E-state index contributed by atoms with van der Waals surface area (Å²) in [6.07, 6.45) is 8.28. The van der Waals surface area contributed by atoms with Crippen molar-refractivity contribution in [3.8, 4) is 12.1 Å². The van der Waals surface area contributed by atoms with Crippen LogP contribution in [0.4, 0.5) is 11.5 Å². The lowest BCUT2D eigenvalue weighted by Crippen LogP contribution is -2.55. The van der Waals surface area contributed by atoms with E-state index in [4.69, 9.17) is 14.7 Å². The fourth-order valence-corrected chi connectivity index (χ4v) is 7.39. The summed E-state index contributed by atoms with van der Waals surface area (Å²) >= 11 is 0. The zero-order chi connectivity index (χ0) is 33.0. The SMILES string of the molecule is Cc1cccc2cccc(N3CCc4c(nc(OCC5CCCN5C)nc4N4CCN(C(=O)/C=C/c5ccccn5)C(CC#N)C4)C3)c12. The number of nitriles is 1. The summed E-state index contributed by atoms with van der Waals surface area (Å²) in [5.74, 6) is 0.749. The molecule has 3 aliphatic heterocycles. The molecule has 0 N–H and O–H groups in total. The molecule has 0 aliphatic carbocycles. The number of fused-ring (bicyclic) bond motifs is 2. The molecule has 7 rings (SSSR count). The van der Waals surface area contributed by atoms with Gasteiger partial charge in [0.1, 0.15) is 12.4 Å². The largest absolute Gasteiger partial charge is 0.462 e. The quantitative estimate of drug-likeness (QED) is 0.246. The Hall–Kier alpha value is -5.01. The van der Waals surface area contributed by atoms with Crippen LogP contribution in [0.25, 0.3) is 16.8 Å². The number of piperazine rings is 1. The molecule has 3 aliphatic rings. The molecule has 2 fully saturated rings. The number of likely N-dealkylation sites (tertiary alicyclic amines) is 1. The van der Waals surface area contributed by atoms with Crippen LogP contribution < -0.4 is 14.5 Å². The van der Waals surface area contributed by atoms with E-state index in [1.165, 1.54) is 28.4 Å². The van der Waals surface area contributed by atoms with Crippen molar-refractivity contribution in [3.63, 3.8) is 0 Å². The number of amides is 1. The van der Waals surface area contributed by atoms with E-state index in [2.05, 4.69) is 76.1 Å². The van der Waals surface area contributed by atoms with Gasteiger partial charge >= 0.3 is 6.01 Å². The number of carbonyl (C=O) groups is 1. The first-order chi connectivity index (χ1) is 23.5. The Balaban J connectivity index is 1.18. The summed E-state index contributed by atoms with van der Waals surface area (Å²) < 4.78 is 6.35. The van der Waals surface area contributed by atoms with E-state index in [-0.39, 0.29) is 18.4 Å². The molecule has 0 bridgehead atoms. The fraction of sp³-hybridized carbons (Fsp3) is 0.395. The molecule has 2 aromatic heterocycles. The first-order valence-corrected chi connectivity index (χ1v) is 17.0. The van der Waals surface area contributed by atoms with Crippen LogP contribution in [0.3, 0.4) is 0 Å². The predicted octanol–water partition coefficient (Wildman–Crippen LogP) is 5.01. The first kappa shape index (κ1) is 31.6. The second kappa shape index (κ2) is 14.0. The van der Waals surface area contributed by atoms with Crippen LogP contribution >= 0.6 is 0 Å².